The van der Waals surface area contributed by atoms with Crippen molar-refractivity contribution in [1.29, 1.82) is 0 Å². The van der Waals surface area contributed by atoms with Gasteiger partial charge in [-0.15, -0.1) is 0 Å². The first-order valence-electron chi connectivity index (χ1n) is 6.41. The minimum Gasteiger partial charge on any atom is -0.385 e. The van der Waals surface area contributed by atoms with Crippen LogP contribution < -0.4 is 11.1 Å². The molecular formula is C14H23N3O2. The summed E-state index contributed by atoms with van der Waals surface area (Å²) in [5, 5.41) is 2.85. The molecule has 0 radical (unpaired) electrons. The number of hydrogen-bond acceptors (Lipinski definition) is 3. The summed E-state index contributed by atoms with van der Waals surface area (Å²) in [7, 11) is 3.42. The van der Waals surface area contributed by atoms with Crippen LogP contribution in [0.25, 0.3) is 0 Å². The summed E-state index contributed by atoms with van der Waals surface area (Å²) in [6.45, 7) is 3.22. The Morgan fingerprint density at radius 1 is 1.53 bits per heavy atom. The largest absolute Gasteiger partial charge is 0.385 e. The van der Waals surface area contributed by atoms with Gasteiger partial charge in [-0.3, -0.25) is 0 Å². The Bertz CT molecular complexity index is 407. The number of carbonyl (C=O) groups is 1. The minimum atomic E-state index is -0.127. The summed E-state index contributed by atoms with van der Waals surface area (Å²) in [6, 6.07) is 7.41. The molecule has 0 heterocycles. The lowest BCUT2D eigenvalue weighted by Gasteiger charge is -2.18. The number of carbonyl (C=O) groups excluding carboxylic acids is 1. The first kappa shape index (κ1) is 15.5. The Balaban J connectivity index is 2.54. The van der Waals surface area contributed by atoms with Crippen molar-refractivity contribution in [3.05, 3.63) is 29.8 Å². The quantitative estimate of drug-likeness (QED) is 0.775. The van der Waals surface area contributed by atoms with Gasteiger partial charge in [0.2, 0.25) is 0 Å². The fraction of sp³-hybridized carbons (Fsp3) is 0.500. The Morgan fingerprint density at radius 3 is 2.89 bits per heavy atom. The molecule has 1 aromatic carbocycles. The van der Waals surface area contributed by atoms with Gasteiger partial charge in [-0.1, -0.05) is 12.1 Å². The molecule has 1 atom stereocenters. The zero-order chi connectivity index (χ0) is 14.3. The number of amides is 2. The van der Waals surface area contributed by atoms with Crippen molar-refractivity contribution in [3.8, 4) is 0 Å². The number of ether oxygens (including phenoxy) is 1. The number of nitrogens with two attached hydrogens (primary N) is 1. The van der Waals surface area contributed by atoms with Crippen LogP contribution in [0.5, 0.6) is 0 Å². The Morgan fingerprint density at radius 2 is 2.26 bits per heavy atom. The van der Waals surface area contributed by atoms with Crippen LogP contribution in [-0.4, -0.2) is 38.2 Å². The van der Waals surface area contributed by atoms with Crippen molar-refractivity contribution in [2.45, 2.75) is 19.4 Å². The van der Waals surface area contributed by atoms with E-state index in [1.54, 1.807) is 19.1 Å². The van der Waals surface area contributed by atoms with E-state index in [2.05, 4.69) is 5.32 Å². The van der Waals surface area contributed by atoms with E-state index in [0.29, 0.717) is 13.2 Å². The summed E-state index contributed by atoms with van der Waals surface area (Å²) in [5.41, 5.74) is 7.58. The van der Waals surface area contributed by atoms with Crippen LogP contribution in [-0.2, 0) is 4.74 Å². The summed E-state index contributed by atoms with van der Waals surface area (Å²) < 4.78 is 4.96. The minimum absolute atomic E-state index is 0.0451. The van der Waals surface area contributed by atoms with Crippen molar-refractivity contribution in [3.63, 3.8) is 0 Å². The molecular weight excluding hydrogens is 242 g/mol. The fourth-order valence-corrected chi connectivity index (χ4v) is 1.67. The molecule has 5 nitrogen and oxygen atoms in total. The van der Waals surface area contributed by atoms with Gasteiger partial charge in [-0.2, -0.15) is 0 Å². The van der Waals surface area contributed by atoms with Crippen LogP contribution in [0.2, 0.25) is 0 Å². The van der Waals surface area contributed by atoms with Gasteiger partial charge >= 0.3 is 6.03 Å². The molecule has 1 rings (SSSR count). The van der Waals surface area contributed by atoms with Gasteiger partial charge in [0.15, 0.2) is 0 Å². The fourth-order valence-electron chi connectivity index (χ4n) is 1.67. The molecule has 0 fully saturated rings. The van der Waals surface area contributed by atoms with Gasteiger partial charge in [-0.05, 0) is 31.0 Å². The second-order valence-electron chi connectivity index (χ2n) is 4.61. The van der Waals surface area contributed by atoms with Crippen molar-refractivity contribution in [2.24, 2.45) is 5.73 Å². The number of anilines is 1. The maximum absolute atomic E-state index is 11.9. The highest BCUT2D eigenvalue weighted by Gasteiger charge is 2.09. The molecule has 0 aliphatic heterocycles. The third-order valence-electron chi connectivity index (χ3n) is 2.85. The average Bonchev–Trinajstić information content (AvgIpc) is 2.39. The van der Waals surface area contributed by atoms with Crippen molar-refractivity contribution >= 4 is 11.7 Å². The zero-order valence-electron chi connectivity index (χ0n) is 11.8. The van der Waals surface area contributed by atoms with Gasteiger partial charge < -0.3 is 20.7 Å². The van der Waals surface area contributed by atoms with E-state index in [1.807, 2.05) is 31.2 Å². The second-order valence-corrected chi connectivity index (χ2v) is 4.61. The van der Waals surface area contributed by atoms with E-state index >= 15 is 0 Å². The van der Waals surface area contributed by atoms with Gasteiger partial charge in [0.1, 0.15) is 0 Å². The molecule has 0 saturated heterocycles. The highest BCUT2D eigenvalue weighted by Crippen LogP contribution is 2.15. The smallest absolute Gasteiger partial charge is 0.321 e. The lowest BCUT2D eigenvalue weighted by molar-refractivity contribution is 0.179. The molecule has 0 spiro atoms. The molecule has 1 aromatic rings. The monoisotopic (exact) mass is 265 g/mol. The first-order chi connectivity index (χ1) is 9.04. The van der Waals surface area contributed by atoms with E-state index < -0.39 is 0 Å². The molecule has 0 saturated carbocycles. The van der Waals surface area contributed by atoms with Crippen LogP contribution >= 0.6 is 0 Å². The predicted octanol–water partition coefficient (Wildman–Crippen LogP) is 2.21. The maximum atomic E-state index is 11.9. The molecule has 5 heteroatoms. The molecule has 19 heavy (non-hydrogen) atoms. The highest BCUT2D eigenvalue weighted by atomic mass is 16.5. The summed E-state index contributed by atoms with van der Waals surface area (Å²) >= 11 is 0. The molecule has 1 unspecified atom stereocenters. The van der Waals surface area contributed by atoms with Gasteiger partial charge in [0, 0.05) is 39.0 Å². The van der Waals surface area contributed by atoms with Crippen molar-refractivity contribution in [2.75, 3.05) is 32.6 Å². The normalized spacial score (nSPS) is 12.0. The molecule has 0 aliphatic rings. The lowest BCUT2D eigenvalue weighted by atomic mass is 10.1. The van der Waals surface area contributed by atoms with Crippen molar-refractivity contribution < 1.29 is 9.53 Å². The third-order valence-corrected chi connectivity index (χ3v) is 2.85. The van der Waals surface area contributed by atoms with Crippen LogP contribution in [0.3, 0.4) is 0 Å². The maximum Gasteiger partial charge on any atom is 0.321 e. The SMILES string of the molecule is COCCCN(C)C(=O)Nc1cccc(C(C)N)c1. The number of benzene rings is 1. The van der Waals surface area contributed by atoms with Crippen LogP contribution in [0.15, 0.2) is 24.3 Å². The van der Waals surface area contributed by atoms with Crippen LogP contribution in [0.4, 0.5) is 10.5 Å². The summed E-state index contributed by atoms with van der Waals surface area (Å²) in [6.07, 6.45) is 0.820. The number of methoxy groups -OCH3 is 1. The molecule has 2 amide bonds. The van der Waals surface area contributed by atoms with Crippen molar-refractivity contribution in [1.82, 2.24) is 4.90 Å². The van der Waals surface area contributed by atoms with E-state index in [-0.39, 0.29) is 12.1 Å². The van der Waals surface area contributed by atoms with Gasteiger partial charge in [0.05, 0.1) is 0 Å². The molecule has 3 N–H and O–H groups in total. The summed E-state index contributed by atoms with van der Waals surface area (Å²) in [4.78, 5) is 13.6. The third kappa shape index (κ3) is 5.28. The highest BCUT2D eigenvalue weighted by molar-refractivity contribution is 5.89. The van der Waals surface area contributed by atoms with E-state index in [4.69, 9.17) is 10.5 Å². The number of urea groups is 1. The zero-order valence-corrected chi connectivity index (χ0v) is 11.8. The topological polar surface area (TPSA) is 67.6 Å². The molecule has 0 bridgehead atoms. The molecule has 106 valence electrons. The number of hydrogen-bond donors (Lipinski definition) is 2. The van der Waals surface area contributed by atoms with Crippen LogP contribution in [0, 0.1) is 0 Å². The average molecular weight is 265 g/mol. The number of rotatable bonds is 6. The van der Waals surface area contributed by atoms with Gasteiger partial charge in [-0.25, -0.2) is 4.79 Å². The molecule has 0 aromatic heterocycles. The number of nitrogens with zero attached hydrogens (tertiary/aromatic N) is 1. The summed E-state index contributed by atoms with van der Waals surface area (Å²) in [5.74, 6) is 0. The Labute approximate surface area is 114 Å². The second kappa shape index (κ2) is 7.76. The van der Waals surface area contributed by atoms with E-state index in [9.17, 15) is 4.79 Å². The van der Waals surface area contributed by atoms with E-state index in [0.717, 1.165) is 17.7 Å². The Kier molecular flexibility index (Phi) is 6.32. The lowest BCUT2D eigenvalue weighted by Crippen LogP contribution is -2.32. The van der Waals surface area contributed by atoms with Gasteiger partial charge in [0.25, 0.3) is 0 Å². The number of nitrogens with one attached hydrogen (secondary N) is 1. The first-order valence-corrected chi connectivity index (χ1v) is 6.41. The van der Waals surface area contributed by atoms with E-state index in [1.165, 1.54) is 0 Å². The Hall–Kier alpha value is -1.59. The predicted molar refractivity (Wildman–Crippen MR) is 77.2 cm³/mol. The van der Waals surface area contributed by atoms with Crippen LogP contribution in [0.1, 0.15) is 24.9 Å². The molecule has 0 aliphatic carbocycles. The standard InChI is InChI=1S/C14H23N3O2/c1-11(15)12-6-4-7-13(10-12)16-14(18)17(2)8-5-9-19-3/h4,6-7,10-11H,5,8-9,15H2,1-3H3,(H,16,18).